The van der Waals surface area contributed by atoms with E-state index in [1.54, 1.807) is 18.2 Å². The van der Waals surface area contributed by atoms with Crippen LogP contribution < -0.4 is 5.73 Å². The van der Waals surface area contributed by atoms with E-state index in [0.717, 1.165) is 19.3 Å². The molecule has 0 radical (unpaired) electrons. The van der Waals surface area contributed by atoms with Gasteiger partial charge in [0.1, 0.15) is 0 Å². The van der Waals surface area contributed by atoms with Crippen LogP contribution in [0.5, 0.6) is 0 Å². The molecule has 1 aromatic carbocycles. The molecule has 0 spiro atoms. The minimum Gasteiger partial charge on any atom is -0.388 e. The van der Waals surface area contributed by atoms with E-state index in [1.165, 1.54) is 0 Å². The highest BCUT2D eigenvalue weighted by atomic mass is 35.5. The summed E-state index contributed by atoms with van der Waals surface area (Å²) in [5.41, 5.74) is 6.24. The Kier molecular flexibility index (Phi) is 3.52. The van der Waals surface area contributed by atoms with Crippen LogP contribution in [0, 0.1) is 5.41 Å². The summed E-state index contributed by atoms with van der Waals surface area (Å²) in [6.45, 7) is 0.397. The van der Waals surface area contributed by atoms with E-state index in [0.29, 0.717) is 22.2 Å². The maximum atomic E-state index is 10.8. The van der Waals surface area contributed by atoms with Crippen LogP contribution >= 0.6 is 23.2 Å². The predicted octanol–water partition coefficient (Wildman–Crippen LogP) is 2.92. The standard InChI is InChI=1S/C14H17Cl2NO2/c15-8-1-3-10(11(16)5-8)13(18)14(7-17)6-9-2-4-12(14)19-9/h1,3,5,9,12-13,18H,2,4,6-7,17H2. The predicted molar refractivity (Wildman–Crippen MR) is 75.4 cm³/mol. The molecule has 4 atom stereocenters. The van der Waals surface area contributed by atoms with Crippen molar-refractivity contribution in [2.45, 2.75) is 37.6 Å². The van der Waals surface area contributed by atoms with Crippen LogP contribution in [0.15, 0.2) is 18.2 Å². The Morgan fingerprint density at radius 1 is 1.42 bits per heavy atom. The summed E-state index contributed by atoms with van der Waals surface area (Å²) in [5.74, 6) is 0. The highest BCUT2D eigenvalue weighted by Crippen LogP contribution is 2.54. The smallest absolute Gasteiger partial charge is 0.0898 e. The molecular weight excluding hydrogens is 285 g/mol. The van der Waals surface area contributed by atoms with Crippen molar-refractivity contribution >= 4 is 23.2 Å². The highest BCUT2D eigenvalue weighted by molar-refractivity contribution is 6.35. The van der Waals surface area contributed by atoms with Crippen LogP contribution in [0.2, 0.25) is 10.0 Å². The average molecular weight is 302 g/mol. The Morgan fingerprint density at radius 3 is 2.74 bits per heavy atom. The number of aliphatic hydroxyl groups is 1. The van der Waals surface area contributed by atoms with E-state index in [4.69, 9.17) is 33.7 Å². The highest BCUT2D eigenvalue weighted by Gasteiger charge is 2.56. The van der Waals surface area contributed by atoms with Crippen molar-refractivity contribution in [2.75, 3.05) is 6.54 Å². The molecule has 2 aliphatic heterocycles. The van der Waals surface area contributed by atoms with Gasteiger partial charge in [-0.1, -0.05) is 29.3 Å². The van der Waals surface area contributed by atoms with Gasteiger partial charge in [0.05, 0.1) is 18.3 Å². The van der Waals surface area contributed by atoms with Crippen LogP contribution in [0.3, 0.4) is 0 Å². The third kappa shape index (κ3) is 2.08. The van der Waals surface area contributed by atoms with Gasteiger partial charge in [-0.15, -0.1) is 0 Å². The molecule has 0 aliphatic carbocycles. The van der Waals surface area contributed by atoms with Crippen LogP contribution in [-0.2, 0) is 4.74 Å². The van der Waals surface area contributed by atoms with Crippen molar-refractivity contribution < 1.29 is 9.84 Å². The molecule has 0 aromatic heterocycles. The molecule has 3 nitrogen and oxygen atoms in total. The lowest BCUT2D eigenvalue weighted by molar-refractivity contribution is -0.0263. The van der Waals surface area contributed by atoms with Crippen LogP contribution in [0.4, 0.5) is 0 Å². The van der Waals surface area contributed by atoms with Gasteiger partial charge >= 0.3 is 0 Å². The Balaban J connectivity index is 1.96. The summed E-state index contributed by atoms with van der Waals surface area (Å²) in [7, 11) is 0. The number of ether oxygens (including phenoxy) is 1. The summed E-state index contributed by atoms with van der Waals surface area (Å²) >= 11 is 12.1. The fraction of sp³-hybridized carbons (Fsp3) is 0.571. The number of aliphatic hydroxyl groups excluding tert-OH is 1. The molecule has 0 saturated carbocycles. The minimum absolute atomic E-state index is 0.0317. The normalized spacial score (nSPS) is 34.7. The quantitative estimate of drug-likeness (QED) is 0.902. The van der Waals surface area contributed by atoms with E-state index in [1.807, 2.05) is 0 Å². The fourth-order valence-electron chi connectivity index (χ4n) is 3.48. The zero-order valence-corrected chi connectivity index (χ0v) is 12.0. The maximum absolute atomic E-state index is 10.8. The maximum Gasteiger partial charge on any atom is 0.0898 e. The van der Waals surface area contributed by atoms with Crippen molar-refractivity contribution in [1.29, 1.82) is 0 Å². The number of rotatable bonds is 3. The van der Waals surface area contributed by atoms with Crippen LogP contribution in [-0.4, -0.2) is 23.9 Å². The monoisotopic (exact) mass is 301 g/mol. The third-order valence-electron chi connectivity index (χ3n) is 4.54. The van der Waals surface area contributed by atoms with Gasteiger partial charge in [0, 0.05) is 22.0 Å². The topological polar surface area (TPSA) is 55.5 Å². The lowest BCUT2D eigenvalue weighted by Gasteiger charge is -2.39. The summed E-state index contributed by atoms with van der Waals surface area (Å²) in [6, 6.07) is 5.17. The average Bonchev–Trinajstić information content (AvgIpc) is 2.98. The van der Waals surface area contributed by atoms with Gasteiger partial charge in [0.2, 0.25) is 0 Å². The second kappa shape index (κ2) is 4.90. The Bertz CT molecular complexity index is 496. The Hall–Kier alpha value is -0.320. The molecule has 2 bridgehead atoms. The number of halogens is 2. The Labute approximate surface area is 122 Å². The molecule has 4 unspecified atom stereocenters. The molecule has 2 aliphatic rings. The molecule has 104 valence electrons. The summed E-state index contributed by atoms with van der Waals surface area (Å²) in [6.07, 6.45) is 2.38. The number of hydrogen-bond acceptors (Lipinski definition) is 3. The van der Waals surface area contributed by atoms with Gasteiger partial charge in [-0.2, -0.15) is 0 Å². The first-order valence-corrected chi connectivity index (χ1v) is 7.31. The third-order valence-corrected chi connectivity index (χ3v) is 5.10. The van der Waals surface area contributed by atoms with E-state index in [2.05, 4.69) is 0 Å². The summed E-state index contributed by atoms with van der Waals surface area (Å²) in [4.78, 5) is 0. The number of benzene rings is 1. The Morgan fingerprint density at radius 2 is 2.21 bits per heavy atom. The molecule has 1 aromatic rings. The van der Waals surface area contributed by atoms with E-state index in [9.17, 15) is 5.11 Å². The van der Waals surface area contributed by atoms with E-state index >= 15 is 0 Å². The van der Waals surface area contributed by atoms with Gasteiger partial charge in [0.25, 0.3) is 0 Å². The van der Waals surface area contributed by atoms with Crippen molar-refractivity contribution in [2.24, 2.45) is 11.1 Å². The lowest BCUT2D eigenvalue weighted by atomic mass is 9.68. The van der Waals surface area contributed by atoms with Crippen LogP contribution in [0.25, 0.3) is 0 Å². The van der Waals surface area contributed by atoms with E-state index in [-0.39, 0.29) is 12.2 Å². The first-order chi connectivity index (χ1) is 9.06. The number of nitrogens with two attached hydrogens (primary N) is 1. The SMILES string of the molecule is NCC1(C(O)c2ccc(Cl)cc2Cl)CC2CCC1O2. The van der Waals surface area contributed by atoms with Gasteiger partial charge in [-0.3, -0.25) is 0 Å². The van der Waals surface area contributed by atoms with Crippen molar-refractivity contribution in [3.05, 3.63) is 33.8 Å². The molecule has 5 heteroatoms. The molecule has 0 amide bonds. The van der Waals surface area contributed by atoms with Crippen molar-refractivity contribution in [3.63, 3.8) is 0 Å². The van der Waals surface area contributed by atoms with Gasteiger partial charge in [-0.25, -0.2) is 0 Å². The molecule has 2 fully saturated rings. The van der Waals surface area contributed by atoms with Gasteiger partial charge < -0.3 is 15.6 Å². The van der Waals surface area contributed by atoms with Crippen molar-refractivity contribution in [1.82, 2.24) is 0 Å². The summed E-state index contributed by atoms with van der Waals surface area (Å²) in [5, 5.41) is 11.8. The molecule has 2 saturated heterocycles. The largest absolute Gasteiger partial charge is 0.388 e. The minimum atomic E-state index is -0.711. The first-order valence-electron chi connectivity index (χ1n) is 6.55. The lowest BCUT2D eigenvalue weighted by Crippen LogP contribution is -2.44. The first kappa shape index (κ1) is 13.7. The van der Waals surface area contributed by atoms with Crippen LogP contribution in [0.1, 0.15) is 30.9 Å². The van der Waals surface area contributed by atoms with Gasteiger partial charge in [0.15, 0.2) is 0 Å². The van der Waals surface area contributed by atoms with Crippen molar-refractivity contribution in [3.8, 4) is 0 Å². The molecule has 3 rings (SSSR count). The summed E-state index contributed by atoms with van der Waals surface area (Å²) < 4.78 is 5.88. The van der Waals surface area contributed by atoms with Gasteiger partial charge in [-0.05, 0) is 37.0 Å². The zero-order chi connectivity index (χ0) is 13.6. The zero-order valence-electron chi connectivity index (χ0n) is 10.5. The molecular formula is C14H17Cl2NO2. The number of hydrogen-bond donors (Lipinski definition) is 2. The molecule has 3 N–H and O–H groups in total. The molecule has 19 heavy (non-hydrogen) atoms. The second-order valence-electron chi connectivity index (χ2n) is 5.53. The molecule has 2 heterocycles. The number of fused-ring (bicyclic) bond motifs is 2. The second-order valence-corrected chi connectivity index (χ2v) is 6.38. The van der Waals surface area contributed by atoms with E-state index < -0.39 is 11.5 Å². The fourth-order valence-corrected chi connectivity index (χ4v) is 3.99.